The minimum absolute atomic E-state index is 0.148. The van der Waals surface area contributed by atoms with E-state index >= 15 is 0 Å². The molecule has 0 aliphatic carbocycles. The van der Waals surface area contributed by atoms with Gasteiger partial charge in [-0.05, 0) is 43.2 Å². The SMILES string of the molecule is COc1ccc(NC(=O)N(C)C[C@@H]2Oc3ncc(C#CCC(C)C)cc3C(=O)N([C@@H](C)CO)C[C@H]2C)cc1. The van der Waals surface area contributed by atoms with Crippen molar-refractivity contribution in [2.75, 3.05) is 39.2 Å². The third-order valence-corrected chi connectivity index (χ3v) is 6.41. The summed E-state index contributed by atoms with van der Waals surface area (Å²) < 4.78 is 11.4. The molecule has 38 heavy (non-hydrogen) atoms. The second kappa shape index (κ2) is 13.2. The molecule has 3 amide bonds. The zero-order valence-electron chi connectivity index (χ0n) is 23.0. The zero-order chi connectivity index (χ0) is 27.8. The van der Waals surface area contributed by atoms with Crippen molar-refractivity contribution in [3.8, 4) is 23.5 Å². The van der Waals surface area contributed by atoms with Gasteiger partial charge in [-0.3, -0.25) is 4.79 Å². The van der Waals surface area contributed by atoms with E-state index in [2.05, 4.69) is 36.0 Å². The number of hydrogen-bond acceptors (Lipinski definition) is 6. The molecule has 0 radical (unpaired) electrons. The van der Waals surface area contributed by atoms with Crippen molar-refractivity contribution in [1.29, 1.82) is 0 Å². The number of rotatable bonds is 7. The predicted molar refractivity (Wildman–Crippen MR) is 146 cm³/mol. The van der Waals surface area contributed by atoms with Crippen LogP contribution in [0.3, 0.4) is 0 Å². The summed E-state index contributed by atoms with van der Waals surface area (Å²) in [6.07, 6.45) is 1.88. The van der Waals surface area contributed by atoms with E-state index in [4.69, 9.17) is 9.47 Å². The standard InChI is InChI=1S/C29H38N4O5/c1-19(2)8-7-9-22-14-25-27(30-15-22)38-26(20(3)16-33(28(25)35)21(4)18-34)17-32(5)29(36)31-23-10-12-24(37-6)13-11-23/h10-15,19-21,26,34H,8,16-18H2,1-6H3,(H,31,36)/t20-,21+,26+/m1/s1. The van der Waals surface area contributed by atoms with Gasteiger partial charge in [0.1, 0.15) is 17.4 Å². The molecule has 0 spiro atoms. The number of hydrogen-bond donors (Lipinski definition) is 2. The van der Waals surface area contributed by atoms with Crippen molar-refractivity contribution in [2.45, 2.75) is 46.3 Å². The van der Waals surface area contributed by atoms with Gasteiger partial charge in [0.05, 0.1) is 26.3 Å². The number of ether oxygens (including phenoxy) is 2. The third kappa shape index (κ3) is 7.39. The molecule has 1 aliphatic heterocycles. The number of benzene rings is 1. The Labute approximate surface area is 225 Å². The lowest BCUT2D eigenvalue weighted by Crippen LogP contribution is -2.50. The fraction of sp³-hybridized carbons (Fsp3) is 0.483. The van der Waals surface area contributed by atoms with Crippen LogP contribution in [-0.2, 0) is 0 Å². The zero-order valence-corrected chi connectivity index (χ0v) is 23.0. The fourth-order valence-corrected chi connectivity index (χ4v) is 3.99. The van der Waals surface area contributed by atoms with Gasteiger partial charge < -0.3 is 29.7 Å². The number of aromatic nitrogens is 1. The number of carbonyl (C=O) groups excluding carboxylic acids is 2. The van der Waals surface area contributed by atoms with Crippen LogP contribution in [0.2, 0.25) is 0 Å². The molecule has 0 saturated heterocycles. The highest BCUT2D eigenvalue weighted by molar-refractivity contribution is 5.97. The Balaban J connectivity index is 1.84. The molecule has 0 unspecified atom stereocenters. The molecule has 0 bridgehead atoms. The first-order valence-corrected chi connectivity index (χ1v) is 12.9. The maximum absolute atomic E-state index is 13.5. The second-order valence-electron chi connectivity index (χ2n) is 10.1. The highest BCUT2D eigenvalue weighted by Gasteiger charge is 2.34. The van der Waals surface area contributed by atoms with Gasteiger partial charge in [-0.1, -0.05) is 32.6 Å². The Morgan fingerprint density at radius 3 is 2.66 bits per heavy atom. The van der Waals surface area contributed by atoms with E-state index in [1.807, 2.05) is 6.92 Å². The largest absolute Gasteiger partial charge is 0.497 e. The van der Waals surface area contributed by atoms with Crippen LogP contribution in [0, 0.1) is 23.7 Å². The summed E-state index contributed by atoms with van der Waals surface area (Å²) in [7, 11) is 3.27. The number of aliphatic hydroxyl groups is 1. The Morgan fingerprint density at radius 2 is 2.03 bits per heavy atom. The van der Waals surface area contributed by atoms with Gasteiger partial charge in [0.25, 0.3) is 5.91 Å². The van der Waals surface area contributed by atoms with Crippen LogP contribution < -0.4 is 14.8 Å². The van der Waals surface area contributed by atoms with Gasteiger partial charge in [0.2, 0.25) is 5.88 Å². The molecule has 0 saturated carbocycles. The summed E-state index contributed by atoms with van der Waals surface area (Å²) >= 11 is 0. The number of likely N-dealkylation sites (N-methyl/N-ethyl adjacent to an activating group) is 1. The van der Waals surface area contributed by atoms with Crippen molar-refractivity contribution in [3.63, 3.8) is 0 Å². The number of fused-ring (bicyclic) bond motifs is 1. The Bertz CT molecular complexity index is 1170. The molecule has 3 atom stereocenters. The number of nitrogens with one attached hydrogen (secondary N) is 1. The average Bonchev–Trinajstić information content (AvgIpc) is 2.90. The molecule has 2 N–H and O–H groups in total. The average molecular weight is 523 g/mol. The van der Waals surface area contributed by atoms with Gasteiger partial charge in [-0.25, -0.2) is 9.78 Å². The molecule has 9 heteroatoms. The van der Waals surface area contributed by atoms with E-state index in [1.165, 1.54) is 0 Å². The van der Waals surface area contributed by atoms with E-state index in [0.29, 0.717) is 35.0 Å². The smallest absolute Gasteiger partial charge is 0.321 e. The van der Waals surface area contributed by atoms with Gasteiger partial charge in [0, 0.05) is 43.4 Å². The first-order chi connectivity index (χ1) is 18.1. The van der Waals surface area contributed by atoms with Gasteiger partial charge in [0.15, 0.2) is 0 Å². The van der Waals surface area contributed by atoms with E-state index in [1.54, 1.807) is 67.4 Å². The molecule has 1 aromatic heterocycles. The summed E-state index contributed by atoms with van der Waals surface area (Å²) in [6.45, 7) is 8.38. The number of urea groups is 1. The third-order valence-electron chi connectivity index (χ3n) is 6.41. The molecule has 1 aromatic carbocycles. The Hall–Kier alpha value is -3.77. The van der Waals surface area contributed by atoms with E-state index < -0.39 is 12.1 Å². The lowest BCUT2D eigenvalue weighted by atomic mass is 10.00. The maximum Gasteiger partial charge on any atom is 0.321 e. The summed E-state index contributed by atoms with van der Waals surface area (Å²) in [6, 6.07) is 8.07. The predicted octanol–water partition coefficient (Wildman–Crippen LogP) is 3.87. The first kappa shape index (κ1) is 28.8. The van der Waals surface area contributed by atoms with Crippen molar-refractivity contribution in [2.24, 2.45) is 11.8 Å². The van der Waals surface area contributed by atoms with Gasteiger partial charge in [-0.2, -0.15) is 0 Å². The van der Waals surface area contributed by atoms with Crippen LogP contribution in [-0.4, -0.2) is 77.8 Å². The van der Waals surface area contributed by atoms with Crippen LogP contribution >= 0.6 is 0 Å². The molecule has 204 valence electrons. The molecule has 0 fully saturated rings. The molecule has 2 aromatic rings. The van der Waals surface area contributed by atoms with Crippen molar-refractivity contribution in [3.05, 3.63) is 47.7 Å². The number of aliphatic hydroxyl groups excluding tert-OH is 1. The van der Waals surface area contributed by atoms with Gasteiger partial charge in [-0.15, -0.1) is 0 Å². The first-order valence-electron chi connectivity index (χ1n) is 12.9. The van der Waals surface area contributed by atoms with Crippen molar-refractivity contribution >= 4 is 17.6 Å². The summed E-state index contributed by atoms with van der Waals surface area (Å²) in [5, 5.41) is 12.7. The fourth-order valence-electron chi connectivity index (χ4n) is 3.99. The number of carbonyl (C=O) groups is 2. The molecular weight excluding hydrogens is 484 g/mol. The Morgan fingerprint density at radius 1 is 1.32 bits per heavy atom. The number of pyridine rings is 1. The molecular formula is C29H38N4O5. The lowest BCUT2D eigenvalue weighted by molar-refractivity contribution is 0.0356. The lowest BCUT2D eigenvalue weighted by Gasteiger charge is -2.37. The second-order valence-corrected chi connectivity index (χ2v) is 10.1. The van der Waals surface area contributed by atoms with Crippen LogP contribution in [0.1, 0.15) is 50.0 Å². The number of amides is 3. The Kier molecular flexibility index (Phi) is 9.97. The normalized spacial score (nSPS) is 17.8. The van der Waals surface area contributed by atoms with Crippen LogP contribution in [0.5, 0.6) is 11.6 Å². The topological polar surface area (TPSA) is 104 Å². The van der Waals surface area contributed by atoms with Crippen LogP contribution in [0.4, 0.5) is 10.5 Å². The van der Waals surface area contributed by atoms with Crippen LogP contribution in [0.15, 0.2) is 36.5 Å². The minimum atomic E-state index is -0.452. The quantitative estimate of drug-likeness (QED) is 0.535. The highest BCUT2D eigenvalue weighted by Crippen LogP contribution is 2.27. The minimum Gasteiger partial charge on any atom is -0.497 e. The van der Waals surface area contributed by atoms with Crippen molar-refractivity contribution < 1.29 is 24.2 Å². The number of anilines is 1. The van der Waals surface area contributed by atoms with E-state index in [9.17, 15) is 14.7 Å². The monoisotopic (exact) mass is 522 g/mol. The van der Waals surface area contributed by atoms with E-state index in [0.717, 1.165) is 6.42 Å². The molecule has 1 aliphatic rings. The van der Waals surface area contributed by atoms with Gasteiger partial charge >= 0.3 is 6.03 Å². The number of nitrogens with zero attached hydrogens (tertiary/aromatic N) is 3. The van der Waals surface area contributed by atoms with Crippen LogP contribution in [0.25, 0.3) is 0 Å². The van der Waals surface area contributed by atoms with Crippen molar-refractivity contribution in [1.82, 2.24) is 14.8 Å². The molecule has 3 rings (SSSR count). The van der Waals surface area contributed by atoms with E-state index in [-0.39, 0.29) is 36.9 Å². The number of methoxy groups -OCH3 is 1. The summed E-state index contributed by atoms with van der Waals surface area (Å²) in [5.41, 5.74) is 1.56. The highest BCUT2D eigenvalue weighted by atomic mass is 16.5. The maximum atomic E-state index is 13.5. The summed E-state index contributed by atoms with van der Waals surface area (Å²) in [5.74, 6) is 7.12. The summed E-state index contributed by atoms with van der Waals surface area (Å²) in [4.78, 5) is 34.1. The molecule has 2 heterocycles. The molecule has 9 nitrogen and oxygen atoms in total.